The zero-order valence-corrected chi connectivity index (χ0v) is 19.7. The molecule has 0 N–H and O–H groups in total. The highest BCUT2D eigenvalue weighted by Gasteiger charge is 2.10. The van der Waals surface area contributed by atoms with Gasteiger partial charge in [-0.25, -0.2) is 13.2 Å². The predicted octanol–water partition coefficient (Wildman–Crippen LogP) is 9.22. The first-order valence-electron chi connectivity index (χ1n) is 12.3. The molecule has 0 fully saturated rings. The molecule has 0 aromatic heterocycles. The van der Waals surface area contributed by atoms with Gasteiger partial charge in [0, 0.05) is 5.39 Å². The number of hydrogen-bond donors (Lipinski definition) is 0. The van der Waals surface area contributed by atoms with E-state index < -0.39 is 11.6 Å². The van der Waals surface area contributed by atoms with Gasteiger partial charge in [-0.3, -0.25) is 0 Å². The van der Waals surface area contributed by atoms with Crippen LogP contribution < -0.4 is 0 Å². The van der Waals surface area contributed by atoms with Crippen LogP contribution in [0.5, 0.6) is 0 Å². The quantitative estimate of drug-likeness (QED) is 0.207. The van der Waals surface area contributed by atoms with Gasteiger partial charge in [0.1, 0.15) is 5.82 Å². The van der Waals surface area contributed by atoms with Gasteiger partial charge in [0.15, 0.2) is 11.6 Å². The lowest BCUT2D eigenvalue weighted by Gasteiger charge is -2.10. The van der Waals surface area contributed by atoms with Crippen LogP contribution in [-0.4, -0.2) is 0 Å². The van der Waals surface area contributed by atoms with E-state index in [1.807, 2.05) is 24.3 Å². The summed E-state index contributed by atoms with van der Waals surface area (Å²) in [6, 6.07) is 22.1. The van der Waals surface area contributed by atoms with Gasteiger partial charge in [-0.1, -0.05) is 87.2 Å². The molecule has 0 aliphatic heterocycles. The first-order chi connectivity index (χ1) is 16.5. The first kappa shape index (κ1) is 24.1. The monoisotopic (exact) mass is 460 g/mol. The summed E-state index contributed by atoms with van der Waals surface area (Å²) in [7, 11) is 0. The maximum absolute atomic E-state index is 15.2. The van der Waals surface area contributed by atoms with E-state index in [0.29, 0.717) is 29.4 Å². The number of fused-ring (bicyclic) bond motifs is 1. The third-order valence-corrected chi connectivity index (χ3v) is 6.56. The summed E-state index contributed by atoms with van der Waals surface area (Å²) in [5.41, 5.74) is 4.78. The first-order valence-corrected chi connectivity index (χ1v) is 12.3. The summed E-state index contributed by atoms with van der Waals surface area (Å²) in [6.07, 6.45) is 8.40. The summed E-state index contributed by atoms with van der Waals surface area (Å²) < 4.78 is 41.7. The van der Waals surface area contributed by atoms with Crippen LogP contribution >= 0.6 is 0 Å². The molecular formula is C31H31F3. The van der Waals surface area contributed by atoms with Crippen molar-refractivity contribution in [1.82, 2.24) is 0 Å². The third kappa shape index (κ3) is 5.88. The maximum Gasteiger partial charge on any atom is 0.159 e. The standard InChI is InChI=1S/C31H31F3/c1-2-3-4-5-6-7-22-8-12-24(13-9-22)26-17-18-28-27(21-26)16-15-25(31(28)34)14-10-23-11-19-29(32)30(33)20-23/h8-9,11-13,15-21H,2-7,10,14H2,1H3. The fourth-order valence-electron chi connectivity index (χ4n) is 4.48. The lowest BCUT2D eigenvalue weighted by molar-refractivity contribution is 0.507. The molecule has 0 aliphatic rings. The molecule has 0 amide bonds. The van der Waals surface area contributed by atoms with Crippen molar-refractivity contribution in [3.8, 4) is 11.1 Å². The van der Waals surface area contributed by atoms with Crippen LogP contribution in [0.3, 0.4) is 0 Å². The summed E-state index contributed by atoms with van der Waals surface area (Å²) in [6.45, 7) is 2.23. The van der Waals surface area contributed by atoms with Crippen LogP contribution in [0.25, 0.3) is 21.9 Å². The minimum Gasteiger partial charge on any atom is -0.206 e. The molecule has 176 valence electrons. The van der Waals surface area contributed by atoms with Crippen molar-refractivity contribution in [3.05, 3.63) is 107 Å². The Morgan fingerprint density at radius 2 is 1.29 bits per heavy atom. The van der Waals surface area contributed by atoms with Crippen LogP contribution in [0.2, 0.25) is 0 Å². The van der Waals surface area contributed by atoms with Crippen LogP contribution in [0, 0.1) is 17.5 Å². The molecule has 34 heavy (non-hydrogen) atoms. The average molecular weight is 461 g/mol. The van der Waals surface area contributed by atoms with E-state index in [2.05, 4.69) is 31.2 Å². The van der Waals surface area contributed by atoms with Crippen molar-refractivity contribution >= 4 is 10.8 Å². The Balaban J connectivity index is 1.44. The fourth-order valence-corrected chi connectivity index (χ4v) is 4.48. The van der Waals surface area contributed by atoms with Gasteiger partial charge >= 0.3 is 0 Å². The molecule has 4 rings (SSSR count). The van der Waals surface area contributed by atoms with Crippen molar-refractivity contribution in [1.29, 1.82) is 0 Å². The molecule has 0 saturated heterocycles. The van der Waals surface area contributed by atoms with Gasteiger partial charge in [-0.05, 0) is 77.1 Å². The largest absolute Gasteiger partial charge is 0.206 e. The van der Waals surface area contributed by atoms with Gasteiger partial charge < -0.3 is 0 Å². The fraction of sp³-hybridized carbons (Fsp3) is 0.290. The molecule has 3 heteroatoms. The minimum atomic E-state index is -0.871. The molecular weight excluding hydrogens is 429 g/mol. The molecule has 4 aromatic rings. The van der Waals surface area contributed by atoms with E-state index in [1.54, 1.807) is 12.1 Å². The van der Waals surface area contributed by atoms with Crippen molar-refractivity contribution in [2.75, 3.05) is 0 Å². The zero-order valence-electron chi connectivity index (χ0n) is 19.7. The van der Waals surface area contributed by atoms with Crippen molar-refractivity contribution in [2.45, 2.75) is 58.3 Å². The Hall–Kier alpha value is -3.07. The molecule has 0 aliphatic carbocycles. The van der Waals surface area contributed by atoms with E-state index in [4.69, 9.17) is 0 Å². The molecule has 0 radical (unpaired) electrons. The highest BCUT2D eigenvalue weighted by molar-refractivity contribution is 5.88. The Morgan fingerprint density at radius 1 is 0.559 bits per heavy atom. The topological polar surface area (TPSA) is 0 Å². The maximum atomic E-state index is 15.2. The zero-order chi connectivity index (χ0) is 23.9. The molecule has 0 unspecified atom stereocenters. The molecule has 0 atom stereocenters. The van der Waals surface area contributed by atoms with Gasteiger partial charge in [-0.2, -0.15) is 0 Å². The molecule has 0 nitrogen and oxygen atoms in total. The van der Waals surface area contributed by atoms with Gasteiger partial charge in [0.2, 0.25) is 0 Å². The second-order valence-electron chi connectivity index (χ2n) is 9.08. The predicted molar refractivity (Wildman–Crippen MR) is 136 cm³/mol. The molecule has 0 spiro atoms. The lowest BCUT2D eigenvalue weighted by atomic mass is 9.96. The SMILES string of the molecule is CCCCCCCc1ccc(-c2ccc3c(F)c(CCc4ccc(F)c(F)c4)ccc3c2)cc1. The summed E-state index contributed by atoms with van der Waals surface area (Å²) in [5.74, 6) is -1.98. The Kier molecular flexibility index (Phi) is 8.05. The summed E-state index contributed by atoms with van der Waals surface area (Å²) in [4.78, 5) is 0. The number of rotatable bonds is 10. The number of benzene rings is 4. The Bertz CT molecular complexity index is 1240. The van der Waals surface area contributed by atoms with E-state index in [0.717, 1.165) is 29.0 Å². The van der Waals surface area contributed by atoms with Gasteiger partial charge in [-0.15, -0.1) is 0 Å². The molecule has 0 bridgehead atoms. The Labute approximate surface area is 200 Å². The number of hydrogen-bond acceptors (Lipinski definition) is 0. The minimum absolute atomic E-state index is 0.245. The third-order valence-electron chi connectivity index (χ3n) is 6.56. The molecule has 0 heterocycles. The van der Waals surface area contributed by atoms with Crippen molar-refractivity contribution < 1.29 is 13.2 Å². The van der Waals surface area contributed by atoms with Crippen molar-refractivity contribution in [2.24, 2.45) is 0 Å². The van der Waals surface area contributed by atoms with E-state index in [9.17, 15) is 8.78 Å². The molecule has 0 saturated carbocycles. The van der Waals surface area contributed by atoms with Gasteiger partial charge in [0.25, 0.3) is 0 Å². The molecule has 4 aromatic carbocycles. The van der Waals surface area contributed by atoms with E-state index in [-0.39, 0.29) is 5.82 Å². The summed E-state index contributed by atoms with van der Waals surface area (Å²) in [5, 5.41) is 1.43. The average Bonchev–Trinajstić information content (AvgIpc) is 2.86. The lowest BCUT2D eigenvalue weighted by Crippen LogP contribution is -1.97. The van der Waals surface area contributed by atoms with E-state index >= 15 is 4.39 Å². The van der Waals surface area contributed by atoms with Crippen molar-refractivity contribution in [3.63, 3.8) is 0 Å². The van der Waals surface area contributed by atoms with Crippen LogP contribution in [0.1, 0.15) is 55.7 Å². The second kappa shape index (κ2) is 11.4. The summed E-state index contributed by atoms with van der Waals surface area (Å²) >= 11 is 0. The van der Waals surface area contributed by atoms with Crippen LogP contribution in [-0.2, 0) is 19.3 Å². The number of halogens is 3. The van der Waals surface area contributed by atoms with Crippen LogP contribution in [0.15, 0.2) is 72.8 Å². The van der Waals surface area contributed by atoms with Crippen LogP contribution in [0.4, 0.5) is 13.2 Å². The number of aryl methyl sites for hydroxylation is 3. The number of unbranched alkanes of at least 4 members (excludes halogenated alkanes) is 4. The second-order valence-corrected chi connectivity index (χ2v) is 9.08. The van der Waals surface area contributed by atoms with Gasteiger partial charge in [0.05, 0.1) is 0 Å². The highest BCUT2D eigenvalue weighted by atomic mass is 19.2. The Morgan fingerprint density at radius 3 is 2.06 bits per heavy atom. The highest BCUT2D eigenvalue weighted by Crippen LogP contribution is 2.28. The van der Waals surface area contributed by atoms with E-state index in [1.165, 1.54) is 43.7 Å². The smallest absolute Gasteiger partial charge is 0.159 e. The normalized spacial score (nSPS) is 11.3.